The third-order valence-corrected chi connectivity index (χ3v) is 4.98. The van der Waals surface area contributed by atoms with Crippen LogP contribution in [0.4, 0.5) is 0 Å². The molecule has 0 N–H and O–H groups in total. The fourth-order valence-corrected chi connectivity index (χ4v) is 3.59. The predicted octanol–water partition coefficient (Wildman–Crippen LogP) is 5.31. The summed E-state index contributed by atoms with van der Waals surface area (Å²) >= 11 is 5.96. The van der Waals surface area contributed by atoms with Crippen LogP contribution in [-0.4, -0.2) is 23.4 Å². The molecule has 0 fully saturated rings. The zero-order valence-electron chi connectivity index (χ0n) is 16.3. The van der Waals surface area contributed by atoms with Crippen molar-refractivity contribution in [2.75, 3.05) is 7.11 Å². The second-order valence-electron chi connectivity index (χ2n) is 6.52. The molecule has 0 aliphatic rings. The molecule has 1 unspecified atom stereocenters. The van der Waals surface area contributed by atoms with Crippen LogP contribution < -0.4 is 4.74 Å². The monoisotopic (exact) mass is 399 g/mol. The molecule has 28 heavy (non-hydrogen) atoms. The van der Waals surface area contributed by atoms with Gasteiger partial charge in [-0.2, -0.15) is 0 Å². The molecule has 0 amide bonds. The zero-order valence-corrected chi connectivity index (χ0v) is 17.0. The first-order valence-electron chi connectivity index (χ1n) is 9.03. The van der Waals surface area contributed by atoms with Crippen molar-refractivity contribution in [1.29, 1.82) is 0 Å². The first-order valence-corrected chi connectivity index (χ1v) is 9.41. The highest BCUT2D eigenvalue weighted by atomic mass is 35.5. The normalized spacial score (nSPS) is 12.0. The Morgan fingerprint density at radius 3 is 2.39 bits per heavy atom. The Bertz CT molecular complexity index is 1040. The van der Waals surface area contributed by atoms with Gasteiger partial charge in [0.2, 0.25) is 0 Å². The molecule has 3 aromatic rings. The molecule has 0 spiro atoms. The van der Waals surface area contributed by atoms with Gasteiger partial charge in [0.05, 0.1) is 18.2 Å². The van der Waals surface area contributed by atoms with E-state index in [1.54, 1.807) is 31.4 Å². The van der Waals surface area contributed by atoms with Gasteiger partial charge >= 0.3 is 5.97 Å². The lowest BCUT2D eigenvalue weighted by Gasteiger charge is -2.20. The fraction of sp³-hybridized carbons (Fsp3) is 0.273. The molecule has 1 heterocycles. The minimum Gasteiger partial charge on any atom is -0.497 e. The molecule has 146 valence electrons. The number of aromatic nitrogens is 1. The number of halogens is 1. The number of hydrogen-bond donors (Lipinski definition) is 0. The third-order valence-electron chi connectivity index (χ3n) is 4.73. The smallest absolute Gasteiger partial charge is 0.304 e. The van der Waals surface area contributed by atoms with Crippen LogP contribution in [0.15, 0.2) is 42.5 Å². The van der Waals surface area contributed by atoms with Gasteiger partial charge in [0.25, 0.3) is 0 Å². The second kappa shape index (κ2) is 8.07. The van der Waals surface area contributed by atoms with Crippen molar-refractivity contribution in [2.24, 2.45) is 0 Å². The molecule has 0 radical (unpaired) electrons. The Balaban J connectivity index is 2.26. The maximum absolute atomic E-state index is 13.3. The van der Waals surface area contributed by atoms with E-state index in [0.29, 0.717) is 28.3 Å². The Hall–Kier alpha value is -2.79. The minimum atomic E-state index is -0.500. The highest BCUT2D eigenvalue weighted by molar-refractivity contribution is 6.30. The lowest BCUT2D eigenvalue weighted by Crippen LogP contribution is -2.16. The maximum Gasteiger partial charge on any atom is 0.304 e. The van der Waals surface area contributed by atoms with E-state index < -0.39 is 6.23 Å². The molecule has 2 aromatic carbocycles. The molecule has 6 heteroatoms. The van der Waals surface area contributed by atoms with Crippen molar-refractivity contribution in [3.8, 4) is 5.75 Å². The summed E-state index contributed by atoms with van der Waals surface area (Å²) in [7, 11) is 1.58. The molecule has 1 atom stereocenters. The zero-order chi connectivity index (χ0) is 20.4. The van der Waals surface area contributed by atoms with Crippen LogP contribution in [0.5, 0.6) is 5.75 Å². The molecule has 0 aliphatic heterocycles. The lowest BCUT2D eigenvalue weighted by molar-refractivity contribution is -0.151. The van der Waals surface area contributed by atoms with Crippen LogP contribution >= 0.6 is 11.6 Å². The number of rotatable bonds is 6. The van der Waals surface area contributed by atoms with Crippen molar-refractivity contribution in [2.45, 2.75) is 33.4 Å². The standard InChI is InChI=1S/C22H22ClNO4/c1-5-20(28-14(3)25)24-13(2)21(18-12-17(27-4)10-11-19(18)24)22(26)15-6-8-16(23)9-7-15/h6-12,20H,5H2,1-4H3. The number of ether oxygens (including phenoxy) is 2. The molecule has 0 saturated carbocycles. The molecular weight excluding hydrogens is 378 g/mol. The van der Waals surface area contributed by atoms with Crippen molar-refractivity contribution in [1.82, 2.24) is 4.57 Å². The van der Waals surface area contributed by atoms with Crippen molar-refractivity contribution in [3.05, 3.63) is 64.3 Å². The Morgan fingerprint density at radius 1 is 1.14 bits per heavy atom. The number of carbonyl (C=O) groups excluding carboxylic acids is 2. The molecule has 0 aliphatic carbocycles. The summed E-state index contributed by atoms with van der Waals surface area (Å²) in [4.78, 5) is 24.9. The topological polar surface area (TPSA) is 57.5 Å². The number of esters is 1. The van der Waals surface area contributed by atoms with Gasteiger partial charge in [0, 0.05) is 35.0 Å². The molecular formula is C22H22ClNO4. The van der Waals surface area contributed by atoms with Gasteiger partial charge in [-0.25, -0.2) is 0 Å². The average molecular weight is 400 g/mol. The van der Waals surface area contributed by atoms with Crippen molar-refractivity contribution >= 4 is 34.3 Å². The second-order valence-corrected chi connectivity index (χ2v) is 6.96. The van der Waals surface area contributed by atoms with Gasteiger partial charge < -0.3 is 14.0 Å². The first-order chi connectivity index (χ1) is 13.4. The molecule has 1 aromatic heterocycles. The fourth-order valence-electron chi connectivity index (χ4n) is 3.46. The number of methoxy groups -OCH3 is 1. The Labute approximate surface area is 168 Å². The summed E-state index contributed by atoms with van der Waals surface area (Å²) in [6.07, 6.45) is 0.0744. The average Bonchev–Trinajstić information content (AvgIpc) is 2.96. The number of ketones is 1. The third kappa shape index (κ3) is 3.62. The lowest BCUT2D eigenvalue weighted by atomic mass is 10.0. The van der Waals surface area contributed by atoms with Crippen LogP contribution in [0.2, 0.25) is 5.02 Å². The highest BCUT2D eigenvalue weighted by Gasteiger charge is 2.26. The van der Waals surface area contributed by atoms with E-state index in [1.807, 2.05) is 36.6 Å². The number of benzene rings is 2. The van der Waals surface area contributed by atoms with Gasteiger partial charge in [0.15, 0.2) is 12.0 Å². The number of fused-ring (bicyclic) bond motifs is 1. The van der Waals surface area contributed by atoms with Gasteiger partial charge in [-0.15, -0.1) is 0 Å². The first kappa shape index (κ1) is 20.0. The van der Waals surface area contributed by atoms with Gasteiger partial charge in [-0.05, 0) is 49.4 Å². The van der Waals surface area contributed by atoms with Crippen LogP contribution in [-0.2, 0) is 9.53 Å². The quantitative estimate of drug-likeness (QED) is 0.416. The summed E-state index contributed by atoms with van der Waals surface area (Å²) in [5, 5.41) is 1.32. The summed E-state index contributed by atoms with van der Waals surface area (Å²) in [5.41, 5.74) is 2.64. The van der Waals surface area contributed by atoms with E-state index in [0.717, 1.165) is 16.6 Å². The maximum atomic E-state index is 13.3. The molecule has 0 saturated heterocycles. The van der Waals surface area contributed by atoms with Crippen LogP contribution in [0.3, 0.4) is 0 Å². The van der Waals surface area contributed by atoms with Gasteiger partial charge in [-0.3, -0.25) is 9.59 Å². The Morgan fingerprint density at radius 2 is 1.82 bits per heavy atom. The van der Waals surface area contributed by atoms with Crippen molar-refractivity contribution < 1.29 is 19.1 Å². The van der Waals surface area contributed by atoms with E-state index >= 15 is 0 Å². The largest absolute Gasteiger partial charge is 0.497 e. The summed E-state index contributed by atoms with van der Waals surface area (Å²) in [6.45, 7) is 5.18. The van der Waals surface area contributed by atoms with E-state index in [9.17, 15) is 9.59 Å². The molecule has 0 bridgehead atoms. The van der Waals surface area contributed by atoms with E-state index in [-0.39, 0.29) is 11.8 Å². The van der Waals surface area contributed by atoms with E-state index in [2.05, 4.69) is 0 Å². The summed E-state index contributed by atoms with van der Waals surface area (Å²) in [5.74, 6) is 0.159. The SMILES string of the molecule is CCC(OC(C)=O)n1c(C)c(C(=O)c2ccc(Cl)cc2)c2cc(OC)ccc21. The van der Waals surface area contributed by atoms with E-state index in [4.69, 9.17) is 21.1 Å². The van der Waals surface area contributed by atoms with Crippen LogP contribution in [0.1, 0.15) is 48.1 Å². The van der Waals surface area contributed by atoms with Gasteiger partial charge in [0.1, 0.15) is 5.75 Å². The van der Waals surface area contributed by atoms with Crippen LogP contribution in [0, 0.1) is 6.92 Å². The Kier molecular flexibility index (Phi) is 5.75. The number of hydrogen-bond acceptors (Lipinski definition) is 4. The minimum absolute atomic E-state index is 0.121. The molecule has 5 nitrogen and oxygen atoms in total. The van der Waals surface area contributed by atoms with Crippen molar-refractivity contribution in [3.63, 3.8) is 0 Å². The number of nitrogens with zero attached hydrogens (tertiary/aromatic N) is 1. The number of carbonyl (C=O) groups is 2. The summed E-state index contributed by atoms with van der Waals surface area (Å²) in [6, 6.07) is 12.3. The predicted molar refractivity (Wildman–Crippen MR) is 109 cm³/mol. The molecule has 3 rings (SSSR count). The highest BCUT2D eigenvalue weighted by Crippen LogP contribution is 2.34. The van der Waals surface area contributed by atoms with E-state index in [1.165, 1.54) is 6.92 Å². The van der Waals surface area contributed by atoms with Crippen LogP contribution in [0.25, 0.3) is 10.9 Å². The summed E-state index contributed by atoms with van der Waals surface area (Å²) < 4.78 is 12.8. The van der Waals surface area contributed by atoms with Gasteiger partial charge in [-0.1, -0.05) is 18.5 Å².